The number of aldehydes is 1. The van der Waals surface area contributed by atoms with Gasteiger partial charge < -0.3 is 20.9 Å². The van der Waals surface area contributed by atoms with E-state index in [2.05, 4.69) is 15.4 Å². The number of aromatic hydroxyl groups is 1. The Morgan fingerprint density at radius 2 is 1.98 bits per heavy atom. The number of fused-ring (bicyclic) bond motifs is 2. The maximum Gasteiger partial charge on any atom is 0.254 e. The molecule has 1 amide bonds. The molecular weight excluding hydrogens is 598 g/mol. The van der Waals surface area contributed by atoms with Crippen molar-refractivity contribution in [3.8, 4) is 34.4 Å². The molecule has 0 aliphatic heterocycles. The van der Waals surface area contributed by atoms with Crippen LogP contribution in [0.25, 0.3) is 34.1 Å². The molecule has 0 fully saturated rings. The van der Waals surface area contributed by atoms with Crippen molar-refractivity contribution < 1.29 is 28.2 Å². The van der Waals surface area contributed by atoms with Crippen molar-refractivity contribution in [3.63, 3.8) is 0 Å². The number of pyridine rings is 2. The lowest BCUT2D eigenvalue weighted by Crippen LogP contribution is -2.28. The van der Waals surface area contributed by atoms with Crippen LogP contribution in [0.2, 0.25) is 0 Å². The summed E-state index contributed by atoms with van der Waals surface area (Å²) in [7, 11) is 1.54. The number of carbonyl (C=O) groups excluding carboxylic acids is 2. The number of hydrogen-bond donors (Lipinski definition) is 3. The Labute approximate surface area is 259 Å². The number of nitrogen functional groups attached to an aromatic ring is 1. The number of halogens is 2. The topological polar surface area (TPSA) is 163 Å². The van der Waals surface area contributed by atoms with Crippen molar-refractivity contribution >= 4 is 29.2 Å². The third-order valence-electron chi connectivity index (χ3n) is 7.96. The number of nitrogens with zero attached hydrogens (tertiary/aromatic N) is 6. The zero-order chi connectivity index (χ0) is 32.1. The van der Waals surface area contributed by atoms with Crippen LogP contribution in [0.15, 0.2) is 67.1 Å². The number of ether oxygens (including phenoxy) is 1. The highest BCUT2D eigenvalue weighted by Gasteiger charge is 2.29. The number of anilines is 1. The van der Waals surface area contributed by atoms with E-state index in [0.717, 1.165) is 17.2 Å². The first kappa shape index (κ1) is 28.6. The second kappa shape index (κ2) is 11.1. The summed E-state index contributed by atoms with van der Waals surface area (Å²) >= 11 is 0. The Morgan fingerprint density at radius 3 is 2.72 bits per heavy atom. The minimum absolute atomic E-state index is 0.149. The van der Waals surface area contributed by atoms with Crippen LogP contribution >= 0.6 is 0 Å². The number of phenolic OH excluding ortho intramolecular Hbond substituents is 1. The molecule has 46 heavy (non-hydrogen) atoms. The molecule has 6 aromatic rings. The molecule has 4 N–H and O–H groups in total. The highest BCUT2D eigenvalue weighted by molar-refractivity contribution is 5.97. The number of methoxy groups -OCH3 is 1. The summed E-state index contributed by atoms with van der Waals surface area (Å²) in [6.45, 7) is 0. The van der Waals surface area contributed by atoms with E-state index in [1.807, 2.05) is 22.8 Å². The van der Waals surface area contributed by atoms with Gasteiger partial charge in [0.2, 0.25) is 5.82 Å². The summed E-state index contributed by atoms with van der Waals surface area (Å²) < 4.78 is 37.9. The molecule has 1 aliphatic carbocycles. The summed E-state index contributed by atoms with van der Waals surface area (Å²) in [5, 5.41) is 16.7. The van der Waals surface area contributed by atoms with E-state index >= 15 is 0 Å². The number of rotatable bonds is 7. The number of aromatic nitrogens is 6. The van der Waals surface area contributed by atoms with Gasteiger partial charge in [0.25, 0.3) is 5.91 Å². The highest BCUT2D eigenvalue weighted by atomic mass is 19.2. The molecule has 2 aromatic carbocycles. The van der Waals surface area contributed by atoms with Crippen LogP contribution < -0.4 is 15.8 Å². The van der Waals surface area contributed by atoms with E-state index in [4.69, 9.17) is 20.4 Å². The van der Waals surface area contributed by atoms with Crippen molar-refractivity contribution in [2.45, 2.75) is 18.9 Å². The second-order valence-corrected chi connectivity index (χ2v) is 10.6. The van der Waals surface area contributed by atoms with E-state index in [-0.39, 0.29) is 12.1 Å². The van der Waals surface area contributed by atoms with Gasteiger partial charge in [0.15, 0.2) is 46.4 Å². The lowest BCUT2D eigenvalue weighted by atomic mass is 10.0. The molecule has 4 heterocycles. The van der Waals surface area contributed by atoms with Crippen LogP contribution in [0.5, 0.6) is 11.5 Å². The van der Waals surface area contributed by atoms with Crippen molar-refractivity contribution in [2.24, 2.45) is 0 Å². The molecule has 0 bridgehead atoms. The Bertz CT molecular complexity index is 2180. The van der Waals surface area contributed by atoms with Gasteiger partial charge in [-0.25, -0.2) is 24.0 Å². The van der Waals surface area contributed by atoms with Crippen LogP contribution in [0.4, 0.5) is 14.6 Å². The number of carbonyl (C=O) groups is 2. The molecule has 0 saturated heterocycles. The summed E-state index contributed by atoms with van der Waals surface area (Å²) in [5.74, 6) is -3.55. The number of nitrogens with two attached hydrogens (primary N) is 1. The molecule has 1 aliphatic rings. The maximum atomic E-state index is 14.6. The van der Waals surface area contributed by atoms with Gasteiger partial charge in [-0.3, -0.25) is 14.2 Å². The van der Waals surface area contributed by atoms with Crippen LogP contribution in [-0.4, -0.2) is 53.7 Å². The van der Waals surface area contributed by atoms with Gasteiger partial charge in [0.05, 0.1) is 29.8 Å². The number of phenols is 1. The number of amides is 1. The van der Waals surface area contributed by atoms with Gasteiger partial charge in [-0.1, -0.05) is 6.07 Å². The van der Waals surface area contributed by atoms with Crippen molar-refractivity contribution in [3.05, 3.63) is 101 Å². The van der Waals surface area contributed by atoms with Crippen molar-refractivity contribution in [1.29, 1.82) is 0 Å². The molecule has 0 spiro atoms. The lowest BCUT2D eigenvalue weighted by molar-refractivity contribution is 0.0931. The first-order valence-electron chi connectivity index (χ1n) is 14.1. The van der Waals surface area contributed by atoms with E-state index in [9.17, 15) is 23.5 Å². The summed E-state index contributed by atoms with van der Waals surface area (Å²) in [6, 6.07) is 13.0. The van der Waals surface area contributed by atoms with Gasteiger partial charge in [-0.15, -0.1) is 0 Å². The molecule has 230 valence electrons. The third-order valence-corrected chi connectivity index (χ3v) is 7.96. The fourth-order valence-corrected chi connectivity index (χ4v) is 5.74. The number of aryl methyl sites for hydroxylation is 1. The summed E-state index contributed by atoms with van der Waals surface area (Å²) in [5.41, 5.74) is 8.99. The smallest absolute Gasteiger partial charge is 0.254 e. The monoisotopic (exact) mass is 622 g/mol. The molecule has 0 radical (unpaired) electrons. The minimum Gasteiger partial charge on any atom is -0.504 e. The maximum absolute atomic E-state index is 14.6. The van der Waals surface area contributed by atoms with Gasteiger partial charge >= 0.3 is 0 Å². The molecule has 12 nitrogen and oxygen atoms in total. The van der Waals surface area contributed by atoms with E-state index in [1.165, 1.54) is 0 Å². The van der Waals surface area contributed by atoms with Gasteiger partial charge in [0, 0.05) is 30.3 Å². The predicted octanol–water partition coefficient (Wildman–Crippen LogP) is 4.47. The molecule has 14 heteroatoms. The SMILES string of the molecule is COc1cc(-n2cccn2)nc2c1nc(-c1cccnc1N)n2-c1ccc2c(c1)CC[C@@H]2NC(=O)c1cc(C=O)c(O)c(F)c1F. The number of benzene rings is 2. The van der Waals surface area contributed by atoms with Crippen LogP contribution in [0.3, 0.4) is 0 Å². The Morgan fingerprint density at radius 1 is 1.13 bits per heavy atom. The minimum atomic E-state index is -1.66. The van der Waals surface area contributed by atoms with Crippen molar-refractivity contribution in [1.82, 2.24) is 34.6 Å². The lowest BCUT2D eigenvalue weighted by Gasteiger charge is -2.16. The molecule has 1 atom stereocenters. The largest absolute Gasteiger partial charge is 0.504 e. The van der Waals surface area contributed by atoms with Gasteiger partial charge in [-0.2, -0.15) is 9.49 Å². The molecule has 0 unspecified atom stereocenters. The standard InChI is InChI=1S/C32H24F2N8O4/c1-46-23-14-24(41-11-3-10-37-41)39-31-27(23)40-30(20-4-2-9-36-29(20)35)42(31)18-6-7-19-16(12-18)5-8-22(19)38-32(45)21-13-17(15-43)28(44)26(34)25(21)33/h2-4,6-7,9-15,22,44H,5,8H2,1H3,(H2,35,36)(H,38,45)/t22-/m0/s1. The van der Waals surface area contributed by atoms with Crippen LogP contribution in [0, 0.1) is 11.6 Å². The Kier molecular flexibility index (Phi) is 6.88. The molecule has 7 rings (SSSR count). The zero-order valence-corrected chi connectivity index (χ0v) is 24.1. The quantitative estimate of drug-likeness (QED) is 0.218. The number of hydrogen-bond acceptors (Lipinski definition) is 9. The zero-order valence-electron chi connectivity index (χ0n) is 24.1. The fraction of sp³-hybridized carbons (Fsp3) is 0.125. The Hall–Kier alpha value is -6.18. The average Bonchev–Trinajstić information content (AvgIpc) is 3.83. The summed E-state index contributed by atoms with van der Waals surface area (Å²) in [4.78, 5) is 38.3. The Balaban J connectivity index is 1.32. The van der Waals surface area contributed by atoms with Gasteiger partial charge in [0.1, 0.15) is 5.82 Å². The van der Waals surface area contributed by atoms with E-state index in [1.54, 1.807) is 54.6 Å². The first-order valence-corrected chi connectivity index (χ1v) is 14.1. The number of imidazole rings is 1. The molecule has 4 aromatic heterocycles. The van der Waals surface area contributed by atoms with Crippen LogP contribution in [0.1, 0.15) is 44.3 Å². The highest BCUT2D eigenvalue weighted by Crippen LogP contribution is 2.38. The van der Waals surface area contributed by atoms with Crippen LogP contribution in [-0.2, 0) is 6.42 Å². The summed E-state index contributed by atoms with van der Waals surface area (Å²) in [6.07, 6.45) is 6.18. The molecular formula is C32H24F2N8O4. The fourth-order valence-electron chi connectivity index (χ4n) is 5.74. The normalized spacial score (nSPS) is 13.9. The van der Waals surface area contributed by atoms with E-state index < -0.39 is 40.5 Å². The van der Waals surface area contributed by atoms with Crippen molar-refractivity contribution in [2.75, 3.05) is 12.8 Å². The second-order valence-electron chi connectivity index (χ2n) is 10.6. The predicted molar refractivity (Wildman–Crippen MR) is 162 cm³/mol. The first-order chi connectivity index (χ1) is 22.3. The molecule has 0 saturated carbocycles. The average molecular weight is 623 g/mol. The third kappa shape index (κ3) is 4.58. The van der Waals surface area contributed by atoms with Gasteiger partial charge in [-0.05, 0) is 60.4 Å². The number of nitrogens with one attached hydrogen (secondary N) is 1. The van der Waals surface area contributed by atoms with E-state index in [0.29, 0.717) is 52.6 Å².